The highest BCUT2D eigenvalue weighted by molar-refractivity contribution is 14.1. The van der Waals surface area contributed by atoms with Gasteiger partial charge in [0.25, 0.3) is 5.91 Å². The number of benzene rings is 1. The normalized spacial score (nSPS) is 27.1. The lowest BCUT2D eigenvalue weighted by molar-refractivity contribution is -0.139. The topological polar surface area (TPSA) is 66.7 Å². The average Bonchev–Trinajstić information content (AvgIpc) is 3.29. The zero-order valence-electron chi connectivity index (χ0n) is 17.2. The molecule has 2 aromatic rings. The summed E-state index contributed by atoms with van der Waals surface area (Å²) < 4.78 is 19.1. The SMILES string of the molecule is O=C1C2=CCCCC2C(=O)N1CCCN1CCC(c2noc3cc(F)ccc23)CC1I. The van der Waals surface area contributed by atoms with Crippen LogP contribution in [0.4, 0.5) is 4.39 Å². The Bertz CT molecular complexity index is 1050. The van der Waals surface area contributed by atoms with Crippen molar-refractivity contribution in [2.24, 2.45) is 5.92 Å². The molecule has 3 aliphatic rings. The number of carbonyl (C=O) groups is 2. The Morgan fingerprint density at radius 1 is 1.23 bits per heavy atom. The number of carbonyl (C=O) groups excluding carboxylic acids is 2. The second-order valence-corrected chi connectivity index (χ2v) is 10.1. The number of likely N-dealkylation sites (tertiary alicyclic amines) is 2. The Morgan fingerprint density at radius 3 is 2.90 bits per heavy atom. The van der Waals surface area contributed by atoms with E-state index in [2.05, 4.69) is 32.6 Å². The summed E-state index contributed by atoms with van der Waals surface area (Å²) >= 11 is 2.46. The van der Waals surface area contributed by atoms with Gasteiger partial charge < -0.3 is 4.52 Å². The van der Waals surface area contributed by atoms with E-state index >= 15 is 0 Å². The number of rotatable bonds is 5. The van der Waals surface area contributed by atoms with Crippen molar-refractivity contribution < 1.29 is 18.5 Å². The van der Waals surface area contributed by atoms with E-state index in [-0.39, 0.29) is 29.5 Å². The quantitative estimate of drug-likeness (QED) is 0.245. The standard InChI is InChI=1S/C23H25FIN3O3/c24-15-6-7-18-19(13-15)31-26-21(18)14-8-11-27(20(25)12-14)9-3-10-28-22(29)16-4-1-2-5-17(16)23(28)30/h4,6-7,13-14,17,20H,1-3,5,8-12H2. The third-order valence-corrected chi connectivity index (χ3v) is 8.10. The molecule has 2 aliphatic heterocycles. The number of aromatic nitrogens is 1. The number of alkyl halides is 1. The number of amides is 2. The smallest absolute Gasteiger partial charge is 0.256 e. The Hall–Kier alpha value is -1.81. The number of hydrogen-bond acceptors (Lipinski definition) is 5. The zero-order valence-corrected chi connectivity index (χ0v) is 19.4. The largest absolute Gasteiger partial charge is 0.356 e. The summed E-state index contributed by atoms with van der Waals surface area (Å²) in [6, 6.07) is 4.59. The fraction of sp³-hybridized carbons (Fsp3) is 0.522. The molecule has 6 nitrogen and oxygen atoms in total. The van der Waals surface area contributed by atoms with Crippen LogP contribution in [-0.4, -0.2) is 50.5 Å². The minimum absolute atomic E-state index is 0.00460. The zero-order chi connectivity index (χ0) is 21.5. The molecule has 0 saturated carbocycles. The first-order valence-electron chi connectivity index (χ1n) is 11.0. The second kappa shape index (κ2) is 8.61. The van der Waals surface area contributed by atoms with Gasteiger partial charge in [0.15, 0.2) is 5.58 Å². The number of allylic oxidation sites excluding steroid dienone is 1. The minimum Gasteiger partial charge on any atom is -0.356 e. The Labute approximate surface area is 193 Å². The molecule has 0 bridgehead atoms. The van der Waals surface area contributed by atoms with Gasteiger partial charge in [0.05, 0.1) is 15.7 Å². The maximum Gasteiger partial charge on any atom is 0.256 e. The van der Waals surface area contributed by atoms with Crippen LogP contribution in [0.25, 0.3) is 11.0 Å². The summed E-state index contributed by atoms with van der Waals surface area (Å²) in [6.45, 7) is 2.27. The van der Waals surface area contributed by atoms with E-state index in [0.29, 0.717) is 16.2 Å². The molecule has 3 heterocycles. The number of nitrogens with zero attached hydrogens (tertiary/aromatic N) is 3. The average molecular weight is 537 g/mol. The maximum absolute atomic E-state index is 13.4. The van der Waals surface area contributed by atoms with E-state index in [1.807, 2.05) is 6.08 Å². The highest BCUT2D eigenvalue weighted by atomic mass is 127. The van der Waals surface area contributed by atoms with Gasteiger partial charge in [-0.05, 0) is 57.2 Å². The van der Waals surface area contributed by atoms with Crippen LogP contribution in [0.2, 0.25) is 0 Å². The summed E-state index contributed by atoms with van der Waals surface area (Å²) in [5.41, 5.74) is 2.14. The van der Waals surface area contributed by atoms with Gasteiger partial charge in [0.2, 0.25) is 5.91 Å². The monoisotopic (exact) mass is 537 g/mol. The molecule has 1 aromatic heterocycles. The van der Waals surface area contributed by atoms with Crippen LogP contribution in [0.15, 0.2) is 34.4 Å². The summed E-state index contributed by atoms with van der Waals surface area (Å²) in [4.78, 5) is 29.1. The number of imide groups is 1. The third kappa shape index (κ3) is 3.92. The van der Waals surface area contributed by atoms with Crippen molar-refractivity contribution in [3.05, 3.63) is 41.4 Å². The van der Waals surface area contributed by atoms with Gasteiger partial charge >= 0.3 is 0 Å². The molecule has 8 heteroatoms. The molecule has 0 N–H and O–H groups in total. The lowest BCUT2D eigenvalue weighted by Gasteiger charge is -2.36. The Morgan fingerprint density at radius 2 is 2.10 bits per heavy atom. The third-order valence-electron chi connectivity index (χ3n) is 6.81. The molecule has 2 amide bonds. The number of fused-ring (bicyclic) bond motifs is 2. The lowest BCUT2D eigenvalue weighted by Crippen LogP contribution is -2.40. The molecule has 164 valence electrons. The fourth-order valence-corrected chi connectivity index (χ4v) is 6.32. The van der Waals surface area contributed by atoms with Gasteiger partial charge in [-0.2, -0.15) is 0 Å². The van der Waals surface area contributed by atoms with Crippen LogP contribution in [0.5, 0.6) is 0 Å². The molecule has 0 spiro atoms. The van der Waals surface area contributed by atoms with Gasteiger partial charge in [-0.15, -0.1) is 0 Å². The van der Waals surface area contributed by atoms with Crippen molar-refractivity contribution in [1.82, 2.24) is 15.0 Å². The van der Waals surface area contributed by atoms with Crippen LogP contribution in [0.3, 0.4) is 0 Å². The van der Waals surface area contributed by atoms with E-state index in [0.717, 1.165) is 68.3 Å². The first-order valence-corrected chi connectivity index (χ1v) is 12.3. The van der Waals surface area contributed by atoms with Gasteiger partial charge in [-0.25, -0.2) is 4.39 Å². The first-order chi connectivity index (χ1) is 15.0. The summed E-state index contributed by atoms with van der Waals surface area (Å²) in [6.07, 6.45) is 7.34. The van der Waals surface area contributed by atoms with E-state index in [1.54, 1.807) is 6.07 Å². The van der Waals surface area contributed by atoms with Crippen molar-refractivity contribution in [1.29, 1.82) is 0 Å². The van der Waals surface area contributed by atoms with Crippen molar-refractivity contribution >= 4 is 45.4 Å². The van der Waals surface area contributed by atoms with Crippen LogP contribution in [0, 0.1) is 11.7 Å². The molecule has 5 rings (SSSR count). The van der Waals surface area contributed by atoms with Crippen molar-refractivity contribution in [3.8, 4) is 0 Å². The molecule has 1 aliphatic carbocycles. The van der Waals surface area contributed by atoms with E-state index < -0.39 is 0 Å². The first kappa shape index (κ1) is 21.1. The summed E-state index contributed by atoms with van der Waals surface area (Å²) in [5, 5.41) is 5.13. The molecule has 0 radical (unpaired) electrons. The van der Waals surface area contributed by atoms with Gasteiger partial charge in [-0.3, -0.25) is 19.4 Å². The van der Waals surface area contributed by atoms with E-state index in [9.17, 15) is 14.0 Å². The molecule has 2 saturated heterocycles. The highest BCUT2D eigenvalue weighted by Gasteiger charge is 2.43. The molecule has 31 heavy (non-hydrogen) atoms. The van der Waals surface area contributed by atoms with Crippen LogP contribution < -0.4 is 0 Å². The molecule has 3 unspecified atom stereocenters. The highest BCUT2D eigenvalue weighted by Crippen LogP contribution is 2.37. The molecular weight excluding hydrogens is 512 g/mol. The predicted molar refractivity (Wildman–Crippen MR) is 122 cm³/mol. The van der Waals surface area contributed by atoms with Gasteiger partial charge in [0, 0.05) is 36.0 Å². The Balaban J connectivity index is 1.16. The van der Waals surface area contributed by atoms with Gasteiger partial charge in [0.1, 0.15) is 5.82 Å². The van der Waals surface area contributed by atoms with Crippen molar-refractivity contribution in [2.75, 3.05) is 19.6 Å². The minimum atomic E-state index is -0.317. The molecular formula is C23H25FIN3O3. The summed E-state index contributed by atoms with van der Waals surface area (Å²) in [5.74, 6) is -0.312. The van der Waals surface area contributed by atoms with E-state index in [4.69, 9.17) is 4.52 Å². The van der Waals surface area contributed by atoms with Crippen LogP contribution >= 0.6 is 22.6 Å². The van der Waals surface area contributed by atoms with Crippen LogP contribution in [0.1, 0.15) is 50.1 Å². The summed E-state index contributed by atoms with van der Waals surface area (Å²) in [7, 11) is 0. The van der Waals surface area contributed by atoms with E-state index in [1.165, 1.54) is 17.0 Å². The van der Waals surface area contributed by atoms with Crippen LogP contribution in [-0.2, 0) is 9.59 Å². The lowest BCUT2D eigenvalue weighted by atomic mass is 9.90. The van der Waals surface area contributed by atoms with Crippen molar-refractivity contribution in [2.45, 2.75) is 48.5 Å². The molecule has 3 atom stereocenters. The van der Waals surface area contributed by atoms with Gasteiger partial charge in [-0.1, -0.05) is 33.8 Å². The Kier molecular flexibility index (Phi) is 5.85. The molecule has 1 aromatic carbocycles. The number of hydrogen-bond donors (Lipinski definition) is 0. The van der Waals surface area contributed by atoms with Crippen molar-refractivity contribution in [3.63, 3.8) is 0 Å². The fourth-order valence-electron chi connectivity index (χ4n) is 5.15. The number of piperidine rings is 1. The molecule has 2 fully saturated rings. The number of halogens is 2. The predicted octanol–water partition coefficient (Wildman–Crippen LogP) is 4.39. The maximum atomic E-state index is 13.4. The second-order valence-electron chi connectivity index (χ2n) is 8.69.